The third-order valence-electron chi connectivity index (χ3n) is 3.47. The van der Waals surface area contributed by atoms with E-state index >= 15 is 0 Å². The fraction of sp³-hybridized carbons (Fsp3) is 0.562. The topological polar surface area (TPSA) is 70.6 Å². The number of aliphatic imine (C=N–C) groups is 1. The second-order valence-corrected chi connectivity index (χ2v) is 7.77. The Bertz CT molecular complexity index is 597. The molecular formula is C16H27N3O2S. The van der Waals surface area contributed by atoms with Crippen LogP contribution in [0.1, 0.15) is 31.4 Å². The van der Waals surface area contributed by atoms with Crippen molar-refractivity contribution in [2.45, 2.75) is 39.3 Å². The van der Waals surface area contributed by atoms with Crippen molar-refractivity contribution in [1.82, 2.24) is 10.6 Å². The molecule has 1 atom stereocenters. The molecule has 1 aromatic rings. The van der Waals surface area contributed by atoms with Gasteiger partial charge in [-0.25, -0.2) is 8.42 Å². The third-order valence-corrected chi connectivity index (χ3v) is 4.45. The number of benzene rings is 1. The molecule has 6 heteroatoms. The molecule has 0 heterocycles. The molecule has 1 unspecified atom stereocenters. The van der Waals surface area contributed by atoms with Crippen LogP contribution < -0.4 is 10.6 Å². The van der Waals surface area contributed by atoms with Crippen LogP contribution in [0.2, 0.25) is 0 Å². The van der Waals surface area contributed by atoms with Gasteiger partial charge in [-0.2, -0.15) is 0 Å². The summed E-state index contributed by atoms with van der Waals surface area (Å²) in [5.41, 5.74) is 2.56. The van der Waals surface area contributed by atoms with Gasteiger partial charge in [-0.15, -0.1) is 0 Å². The molecule has 0 aromatic heterocycles. The monoisotopic (exact) mass is 325 g/mol. The molecule has 0 saturated carbocycles. The quantitative estimate of drug-likeness (QED) is 0.592. The van der Waals surface area contributed by atoms with Gasteiger partial charge in [0.15, 0.2) is 5.96 Å². The Morgan fingerprint density at radius 3 is 2.45 bits per heavy atom. The van der Waals surface area contributed by atoms with Crippen LogP contribution in [0, 0.1) is 0 Å². The fourth-order valence-electron chi connectivity index (χ4n) is 2.14. The minimum Gasteiger partial charge on any atom is -0.354 e. The van der Waals surface area contributed by atoms with E-state index in [2.05, 4.69) is 34.7 Å². The van der Waals surface area contributed by atoms with Gasteiger partial charge in [-0.3, -0.25) is 4.99 Å². The maximum Gasteiger partial charge on any atom is 0.191 e. The Balaban J connectivity index is 2.52. The van der Waals surface area contributed by atoms with E-state index in [4.69, 9.17) is 0 Å². The molecule has 0 aliphatic rings. The van der Waals surface area contributed by atoms with Gasteiger partial charge in [0, 0.05) is 25.9 Å². The highest BCUT2D eigenvalue weighted by molar-refractivity contribution is 7.90. The first-order chi connectivity index (χ1) is 10.4. The SMILES string of the molecule is CCc1ccccc1CNC(=NC)NC(C)CCS(C)(=O)=O. The number of sulfone groups is 1. The zero-order chi connectivity index (χ0) is 16.6. The third kappa shape index (κ3) is 6.93. The van der Waals surface area contributed by atoms with Gasteiger partial charge in [0.2, 0.25) is 0 Å². The van der Waals surface area contributed by atoms with E-state index in [1.54, 1.807) is 7.05 Å². The smallest absolute Gasteiger partial charge is 0.191 e. The van der Waals surface area contributed by atoms with Crippen molar-refractivity contribution >= 4 is 15.8 Å². The lowest BCUT2D eigenvalue weighted by molar-refractivity contribution is 0.581. The number of nitrogens with zero attached hydrogens (tertiary/aromatic N) is 1. The van der Waals surface area contributed by atoms with Gasteiger partial charge in [0.05, 0.1) is 5.75 Å². The number of hydrogen-bond donors (Lipinski definition) is 2. The maximum absolute atomic E-state index is 11.2. The van der Waals surface area contributed by atoms with Crippen molar-refractivity contribution in [3.8, 4) is 0 Å². The Kier molecular flexibility index (Phi) is 7.38. The number of aryl methyl sites for hydroxylation is 1. The second-order valence-electron chi connectivity index (χ2n) is 5.51. The van der Waals surface area contributed by atoms with Gasteiger partial charge in [0.1, 0.15) is 9.84 Å². The first kappa shape index (κ1) is 18.5. The van der Waals surface area contributed by atoms with Crippen LogP contribution in [-0.4, -0.2) is 39.5 Å². The highest BCUT2D eigenvalue weighted by Gasteiger charge is 2.09. The van der Waals surface area contributed by atoms with E-state index in [0.717, 1.165) is 6.42 Å². The summed E-state index contributed by atoms with van der Waals surface area (Å²) in [5.74, 6) is 0.864. The van der Waals surface area contributed by atoms with Crippen molar-refractivity contribution in [3.63, 3.8) is 0 Å². The van der Waals surface area contributed by atoms with E-state index in [1.807, 2.05) is 19.1 Å². The normalized spacial score (nSPS) is 13.7. The molecule has 0 saturated heterocycles. The van der Waals surface area contributed by atoms with Crippen LogP contribution in [0.15, 0.2) is 29.3 Å². The van der Waals surface area contributed by atoms with E-state index in [1.165, 1.54) is 17.4 Å². The number of rotatable bonds is 7. The van der Waals surface area contributed by atoms with Crippen LogP contribution in [0.5, 0.6) is 0 Å². The molecule has 0 aliphatic carbocycles. The molecule has 0 radical (unpaired) electrons. The number of guanidine groups is 1. The summed E-state index contributed by atoms with van der Waals surface area (Å²) >= 11 is 0. The molecule has 22 heavy (non-hydrogen) atoms. The second kappa shape index (κ2) is 8.78. The zero-order valence-electron chi connectivity index (χ0n) is 13.9. The summed E-state index contributed by atoms with van der Waals surface area (Å²) in [6, 6.07) is 8.35. The van der Waals surface area contributed by atoms with Crippen LogP contribution in [0.25, 0.3) is 0 Å². The minimum atomic E-state index is -2.93. The standard InChI is InChI=1S/C16H27N3O2S/c1-5-14-8-6-7-9-15(14)12-18-16(17-3)19-13(2)10-11-22(4,20)21/h6-9,13H,5,10-12H2,1-4H3,(H2,17,18,19). The van der Waals surface area contributed by atoms with Gasteiger partial charge < -0.3 is 10.6 Å². The molecule has 0 aliphatic heterocycles. The van der Waals surface area contributed by atoms with Crippen LogP contribution in [0.4, 0.5) is 0 Å². The van der Waals surface area contributed by atoms with Crippen molar-refractivity contribution in [1.29, 1.82) is 0 Å². The summed E-state index contributed by atoms with van der Waals surface area (Å²) in [7, 11) is -1.21. The highest BCUT2D eigenvalue weighted by atomic mass is 32.2. The van der Waals surface area contributed by atoms with Gasteiger partial charge in [-0.1, -0.05) is 31.2 Å². The van der Waals surface area contributed by atoms with Crippen LogP contribution in [-0.2, 0) is 22.8 Å². The van der Waals surface area contributed by atoms with Gasteiger partial charge in [0.25, 0.3) is 0 Å². The first-order valence-corrected chi connectivity index (χ1v) is 9.63. The molecule has 0 bridgehead atoms. The number of nitrogens with one attached hydrogen (secondary N) is 2. The van der Waals surface area contributed by atoms with Crippen molar-refractivity contribution in [2.24, 2.45) is 4.99 Å². The van der Waals surface area contributed by atoms with Gasteiger partial charge >= 0.3 is 0 Å². The lowest BCUT2D eigenvalue weighted by atomic mass is 10.1. The predicted octanol–water partition coefficient (Wildman–Crippen LogP) is 1.74. The summed E-state index contributed by atoms with van der Waals surface area (Å²) in [6.07, 6.45) is 2.81. The zero-order valence-corrected chi connectivity index (χ0v) is 14.7. The molecule has 0 amide bonds. The average molecular weight is 325 g/mol. The van der Waals surface area contributed by atoms with Crippen molar-refractivity contribution < 1.29 is 8.42 Å². The van der Waals surface area contributed by atoms with E-state index in [-0.39, 0.29) is 11.8 Å². The van der Waals surface area contributed by atoms with E-state index in [9.17, 15) is 8.42 Å². The Morgan fingerprint density at radius 2 is 1.91 bits per heavy atom. The molecular weight excluding hydrogens is 298 g/mol. The lowest BCUT2D eigenvalue weighted by Gasteiger charge is -2.18. The van der Waals surface area contributed by atoms with Crippen molar-refractivity contribution in [2.75, 3.05) is 19.1 Å². The van der Waals surface area contributed by atoms with Gasteiger partial charge in [-0.05, 0) is 30.9 Å². The van der Waals surface area contributed by atoms with Crippen LogP contribution >= 0.6 is 0 Å². The molecule has 2 N–H and O–H groups in total. The summed E-state index contributed by atoms with van der Waals surface area (Å²) < 4.78 is 22.4. The van der Waals surface area contributed by atoms with Crippen molar-refractivity contribution in [3.05, 3.63) is 35.4 Å². The average Bonchev–Trinajstić information content (AvgIpc) is 2.49. The molecule has 1 aromatic carbocycles. The minimum absolute atomic E-state index is 0.0438. The highest BCUT2D eigenvalue weighted by Crippen LogP contribution is 2.08. The molecule has 124 valence electrons. The Labute approximate surface area is 134 Å². The van der Waals surface area contributed by atoms with E-state index < -0.39 is 9.84 Å². The maximum atomic E-state index is 11.2. The molecule has 0 spiro atoms. The summed E-state index contributed by atoms with van der Waals surface area (Å²) in [4.78, 5) is 4.19. The predicted molar refractivity (Wildman–Crippen MR) is 92.9 cm³/mol. The lowest BCUT2D eigenvalue weighted by Crippen LogP contribution is -2.42. The first-order valence-electron chi connectivity index (χ1n) is 7.57. The van der Waals surface area contributed by atoms with E-state index in [0.29, 0.717) is 18.9 Å². The fourth-order valence-corrected chi connectivity index (χ4v) is 2.93. The number of hydrogen-bond acceptors (Lipinski definition) is 3. The Hall–Kier alpha value is -1.56. The summed E-state index contributed by atoms with van der Waals surface area (Å²) in [6.45, 7) is 4.79. The molecule has 5 nitrogen and oxygen atoms in total. The molecule has 1 rings (SSSR count). The largest absolute Gasteiger partial charge is 0.354 e. The molecule has 0 fully saturated rings. The summed E-state index contributed by atoms with van der Waals surface area (Å²) in [5, 5.41) is 6.50. The Morgan fingerprint density at radius 1 is 1.27 bits per heavy atom. The van der Waals surface area contributed by atoms with Crippen LogP contribution in [0.3, 0.4) is 0 Å².